The lowest BCUT2D eigenvalue weighted by atomic mass is 9.88. The molecule has 3 heteroatoms. The molecule has 0 aromatic heterocycles. The Labute approximate surface area is 118 Å². The number of nitrogens with two attached hydrogens (primary N) is 1. The standard InChI is InChI=1S/C15H21BrN2/c1-18(15-8-13(16)4-5-14(15)17)9-12-7-10-2-3-11(12)6-10/h4-5,8,10-12H,2-3,6-7,9,17H2,1H3. The fraction of sp³-hybridized carbons (Fsp3) is 0.600. The van der Waals surface area contributed by atoms with Gasteiger partial charge in [0.1, 0.15) is 0 Å². The number of nitrogen functional groups attached to an aromatic ring is 1. The lowest BCUT2D eigenvalue weighted by Crippen LogP contribution is -2.29. The molecule has 0 aliphatic heterocycles. The average molecular weight is 309 g/mol. The van der Waals surface area contributed by atoms with Crippen LogP contribution >= 0.6 is 15.9 Å². The minimum absolute atomic E-state index is 0.879. The Balaban J connectivity index is 1.71. The van der Waals surface area contributed by atoms with E-state index in [1.807, 2.05) is 12.1 Å². The van der Waals surface area contributed by atoms with Gasteiger partial charge >= 0.3 is 0 Å². The first kappa shape index (κ1) is 12.3. The van der Waals surface area contributed by atoms with E-state index >= 15 is 0 Å². The van der Waals surface area contributed by atoms with Gasteiger partial charge in [0, 0.05) is 18.1 Å². The highest BCUT2D eigenvalue weighted by Crippen LogP contribution is 2.48. The Kier molecular flexibility index (Phi) is 3.27. The van der Waals surface area contributed by atoms with Crippen molar-refractivity contribution < 1.29 is 0 Å². The first-order valence-electron chi connectivity index (χ1n) is 6.89. The van der Waals surface area contributed by atoms with Crippen molar-refractivity contribution in [2.45, 2.75) is 25.7 Å². The normalized spacial score (nSPS) is 29.8. The van der Waals surface area contributed by atoms with Gasteiger partial charge in [0.15, 0.2) is 0 Å². The molecule has 2 saturated carbocycles. The van der Waals surface area contributed by atoms with Crippen molar-refractivity contribution in [2.24, 2.45) is 17.8 Å². The number of nitrogens with zero attached hydrogens (tertiary/aromatic N) is 1. The lowest BCUT2D eigenvalue weighted by Gasteiger charge is -2.29. The summed E-state index contributed by atoms with van der Waals surface area (Å²) in [5.41, 5.74) is 8.12. The Morgan fingerprint density at radius 3 is 2.83 bits per heavy atom. The topological polar surface area (TPSA) is 29.3 Å². The van der Waals surface area contributed by atoms with E-state index in [2.05, 4.69) is 33.9 Å². The summed E-state index contributed by atoms with van der Waals surface area (Å²) in [4.78, 5) is 2.34. The second-order valence-corrected chi connectivity index (χ2v) is 6.93. The van der Waals surface area contributed by atoms with E-state index in [0.717, 1.165) is 40.1 Å². The summed E-state index contributed by atoms with van der Waals surface area (Å²) in [6, 6.07) is 6.11. The van der Waals surface area contributed by atoms with Crippen LogP contribution in [-0.4, -0.2) is 13.6 Å². The molecule has 0 saturated heterocycles. The molecule has 1 aromatic rings. The van der Waals surface area contributed by atoms with Crippen LogP contribution in [0.15, 0.2) is 22.7 Å². The van der Waals surface area contributed by atoms with Gasteiger partial charge in [0.05, 0.1) is 11.4 Å². The molecule has 2 aliphatic rings. The van der Waals surface area contributed by atoms with Crippen molar-refractivity contribution in [2.75, 3.05) is 24.2 Å². The molecule has 2 aliphatic carbocycles. The number of halogens is 1. The van der Waals surface area contributed by atoms with Gasteiger partial charge in [-0.15, -0.1) is 0 Å². The van der Waals surface area contributed by atoms with Gasteiger partial charge in [0.25, 0.3) is 0 Å². The summed E-state index contributed by atoms with van der Waals surface area (Å²) in [7, 11) is 2.17. The molecule has 98 valence electrons. The first-order chi connectivity index (χ1) is 8.63. The largest absolute Gasteiger partial charge is 0.397 e. The fourth-order valence-electron chi connectivity index (χ4n) is 3.90. The van der Waals surface area contributed by atoms with Gasteiger partial charge in [-0.25, -0.2) is 0 Å². The summed E-state index contributed by atoms with van der Waals surface area (Å²) in [6.45, 7) is 1.15. The molecular formula is C15H21BrN2. The van der Waals surface area contributed by atoms with E-state index in [9.17, 15) is 0 Å². The zero-order chi connectivity index (χ0) is 12.7. The maximum atomic E-state index is 6.08. The zero-order valence-electron chi connectivity index (χ0n) is 10.9. The van der Waals surface area contributed by atoms with Crippen molar-refractivity contribution in [1.29, 1.82) is 0 Å². The van der Waals surface area contributed by atoms with Crippen molar-refractivity contribution in [1.82, 2.24) is 0 Å². The Morgan fingerprint density at radius 1 is 1.33 bits per heavy atom. The maximum absolute atomic E-state index is 6.08. The van der Waals surface area contributed by atoms with E-state index in [1.165, 1.54) is 25.7 Å². The van der Waals surface area contributed by atoms with Crippen LogP contribution in [0.5, 0.6) is 0 Å². The molecule has 2 N–H and O–H groups in total. The van der Waals surface area contributed by atoms with Crippen molar-refractivity contribution in [3.05, 3.63) is 22.7 Å². The molecule has 0 heterocycles. The lowest BCUT2D eigenvalue weighted by molar-refractivity contribution is 0.337. The minimum atomic E-state index is 0.879. The maximum Gasteiger partial charge on any atom is 0.0608 e. The molecular weight excluding hydrogens is 288 g/mol. The molecule has 3 unspecified atom stereocenters. The number of anilines is 2. The first-order valence-corrected chi connectivity index (χ1v) is 7.69. The summed E-state index contributed by atoms with van der Waals surface area (Å²) < 4.78 is 1.10. The molecule has 2 nitrogen and oxygen atoms in total. The van der Waals surface area contributed by atoms with Crippen LogP contribution in [0.2, 0.25) is 0 Å². The number of rotatable bonds is 3. The number of hydrogen-bond donors (Lipinski definition) is 1. The van der Waals surface area contributed by atoms with Crippen LogP contribution in [0.1, 0.15) is 25.7 Å². The molecule has 0 radical (unpaired) electrons. The van der Waals surface area contributed by atoms with Crippen LogP contribution in [0.4, 0.5) is 11.4 Å². The third-order valence-corrected chi connectivity index (χ3v) is 5.29. The molecule has 0 spiro atoms. The molecule has 0 amide bonds. The third kappa shape index (κ3) is 2.25. The molecule has 2 bridgehead atoms. The monoisotopic (exact) mass is 308 g/mol. The SMILES string of the molecule is CN(CC1CC2CCC1C2)c1cc(Br)ccc1N. The van der Waals surface area contributed by atoms with E-state index in [0.29, 0.717) is 0 Å². The number of hydrogen-bond acceptors (Lipinski definition) is 2. The molecule has 3 atom stereocenters. The van der Waals surface area contributed by atoms with Crippen LogP contribution in [0.25, 0.3) is 0 Å². The molecule has 18 heavy (non-hydrogen) atoms. The van der Waals surface area contributed by atoms with Crippen molar-refractivity contribution in [3.63, 3.8) is 0 Å². The van der Waals surface area contributed by atoms with E-state index in [4.69, 9.17) is 5.73 Å². The van der Waals surface area contributed by atoms with Crippen LogP contribution in [0.3, 0.4) is 0 Å². The van der Waals surface area contributed by atoms with Crippen molar-refractivity contribution in [3.8, 4) is 0 Å². The quantitative estimate of drug-likeness (QED) is 0.858. The molecule has 1 aromatic carbocycles. The van der Waals surface area contributed by atoms with Crippen LogP contribution < -0.4 is 10.6 Å². The van der Waals surface area contributed by atoms with Gasteiger partial charge < -0.3 is 10.6 Å². The van der Waals surface area contributed by atoms with Gasteiger partial charge in [-0.05, 0) is 55.2 Å². The third-order valence-electron chi connectivity index (χ3n) is 4.80. The Bertz CT molecular complexity index is 446. The smallest absolute Gasteiger partial charge is 0.0608 e. The summed E-state index contributed by atoms with van der Waals surface area (Å²) in [5.74, 6) is 2.88. The van der Waals surface area contributed by atoms with Gasteiger partial charge in [-0.1, -0.05) is 22.4 Å². The highest BCUT2D eigenvalue weighted by Gasteiger charge is 2.39. The number of fused-ring (bicyclic) bond motifs is 2. The van der Waals surface area contributed by atoms with Gasteiger partial charge in [-0.2, -0.15) is 0 Å². The van der Waals surface area contributed by atoms with Crippen LogP contribution in [0, 0.1) is 17.8 Å². The predicted molar refractivity (Wildman–Crippen MR) is 80.8 cm³/mol. The fourth-order valence-corrected chi connectivity index (χ4v) is 4.25. The Morgan fingerprint density at radius 2 is 2.17 bits per heavy atom. The second kappa shape index (κ2) is 4.76. The average Bonchev–Trinajstić information content (AvgIpc) is 2.94. The summed E-state index contributed by atoms with van der Waals surface area (Å²) >= 11 is 3.53. The molecule has 3 rings (SSSR count). The highest BCUT2D eigenvalue weighted by molar-refractivity contribution is 9.10. The van der Waals surface area contributed by atoms with E-state index < -0.39 is 0 Å². The van der Waals surface area contributed by atoms with Gasteiger partial charge in [-0.3, -0.25) is 0 Å². The zero-order valence-corrected chi connectivity index (χ0v) is 12.5. The minimum Gasteiger partial charge on any atom is -0.397 e. The van der Waals surface area contributed by atoms with Gasteiger partial charge in [0.2, 0.25) is 0 Å². The van der Waals surface area contributed by atoms with E-state index in [-0.39, 0.29) is 0 Å². The van der Waals surface area contributed by atoms with E-state index in [1.54, 1.807) is 0 Å². The molecule has 2 fully saturated rings. The highest BCUT2D eigenvalue weighted by atomic mass is 79.9. The Hall–Kier alpha value is -0.700. The summed E-state index contributed by atoms with van der Waals surface area (Å²) in [5, 5.41) is 0. The predicted octanol–water partition coefficient (Wildman–Crippen LogP) is 3.90. The van der Waals surface area contributed by atoms with Crippen LogP contribution in [-0.2, 0) is 0 Å². The summed E-state index contributed by atoms with van der Waals surface area (Å²) in [6.07, 6.45) is 5.84. The second-order valence-electron chi connectivity index (χ2n) is 6.02. The van der Waals surface area contributed by atoms with Crippen molar-refractivity contribution >= 4 is 27.3 Å². The number of benzene rings is 1.